The highest BCUT2D eigenvalue weighted by Gasteiger charge is 2.17. The highest BCUT2D eigenvalue weighted by molar-refractivity contribution is 7.99. The van der Waals surface area contributed by atoms with E-state index in [-0.39, 0.29) is 11.9 Å². The summed E-state index contributed by atoms with van der Waals surface area (Å²) >= 11 is 2.04. The summed E-state index contributed by atoms with van der Waals surface area (Å²) in [6, 6.07) is -0.0608. The van der Waals surface area contributed by atoms with Crippen LogP contribution >= 0.6 is 11.8 Å². The van der Waals surface area contributed by atoms with Gasteiger partial charge in [0.15, 0.2) is 0 Å². The largest absolute Gasteiger partial charge is 0.355 e. The van der Waals surface area contributed by atoms with Crippen LogP contribution in [0.25, 0.3) is 0 Å². The molecule has 0 aromatic carbocycles. The molecule has 1 rings (SSSR count). The molecule has 0 aromatic heterocycles. The fourth-order valence-corrected chi connectivity index (χ4v) is 3.16. The van der Waals surface area contributed by atoms with Gasteiger partial charge in [-0.3, -0.25) is 4.79 Å². The van der Waals surface area contributed by atoms with Crippen LogP contribution in [0.15, 0.2) is 0 Å². The molecule has 100 valence electrons. The van der Waals surface area contributed by atoms with Crippen LogP contribution in [-0.4, -0.2) is 36.0 Å². The van der Waals surface area contributed by atoms with Crippen LogP contribution < -0.4 is 10.6 Å². The van der Waals surface area contributed by atoms with Crippen LogP contribution in [0.2, 0.25) is 0 Å². The van der Waals surface area contributed by atoms with E-state index in [4.69, 9.17) is 0 Å². The molecule has 2 unspecified atom stereocenters. The van der Waals surface area contributed by atoms with Gasteiger partial charge in [-0.15, -0.1) is 0 Å². The second kappa shape index (κ2) is 8.81. The molecule has 0 bridgehead atoms. The van der Waals surface area contributed by atoms with Crippen molar-refractivity contribution in [1.29, 1.82) is 0 Å². The molecule has 1 saturated heterocycles. The summed E-state index contributed by atoms with van der Waals surface area (Å²) in [5.74, 6) is 1.42. The van der Waals surface area contributed by atoms with Gasteiger partial charge in [-0.05, 0) is 31.9 Å². The number of carbonyl (C=O) groups is 1. The van der Waals surface area contributed by atoms with Gasteiger partial charge in [0.05, 0.1) is 6.04 Å². The van der Waals surface area contributed by atoms with Crippen LogP contribution in [0, 0.1) is 0 Å². The Kier molecular flexibility index (Phi) is 7.69. The summed E-state index contributed by atoms with van der Waals surface area (Å²) in [6.45, 7) is 5.86. The molecule has 0 radical (unpaired) electrons. The summed E-state index contributed by atoms with van der Waals surface area (Å²) < 4.78 is 0. The van der Waals surface area contributed by atoms with Crippen molar-refractivity contribution >= 4 is 17.7 Å². The molecule has 17 heavy (non-hydrogen) atoms. The maximum absolute atomic E-state index is 11.7. The summed E-state index contributed by atoms with van der Waals surface area (Å²) in [6.07, 6.45) is 6.18. The van der Waals surface area contributed by atoms with Gasteiger partial charge >= 0.3 is 0 Å². The first-order valence-electron chi connectivity index (χ1n) is 6.86. The molecule has 0 aromatic rings. The van der Waals surface area contributed by atoms with Crippen LogP contribution in [0.3, 0.4) is 0 Å². The van der Waals surface area contributed by atoms with E-state index in [0.29, 0.717) is 5.25 Å². The number of carbonyl (C=O) groups excluding carboxylic acids is 1. The van der Waals surface area contributed by atoms with Crippen LogP contribution in [0.4, 0.5) is 0 Å². The Bertz CT molecular complexity index is 217. The third-order valence-electron chi connectivity index (χ3n) is 3.15. The van der Waals surface area contributed by atoms with E-state index in [2.05, 4.69) is 17.6 Å². The molecule has 2 atom stereocenters. The van der Waals surface area contributed by atoms with E-state index in [9.17, 15) is 4.79 Å². The van der Waals surface area contributed by atoms with Crippen LogP contribution in [-0.2, 0) is 4.79 Å². The minimum absolute atomic E-state index is 0.0608. The van der Waals surface area contributed by atoms with Crippen molar-refractivity contribution in [3.63, 3.8) is 0 Å². The van der Waals surface area contributed by atoms with Crippen molar-refractivity contribution in [2.24, 2.45) is 0 Å². The minimum Gasteiger partial charge on any atom is -0.355 e. The van der Waals surface area contributed by atoms with Gasteiger partial charge in [-0.1, -0.05) is 19.8 Å². The Morgan fingerprint density at radius 1 is 1.47 bits per heavy atom. The highest BCUT2D eigenvalue weighted by atomic mass is 32.2. The monoisotopic (exact) mass is 258 g/mol. The summed E-state index contributed by atoms with van der Waals surface area (Å²) in [5, 5.41) is 7.01. The number of thioether (sulfide) groups is 1. The predicted octanol–water partition coefficient (Wildman–Crippen LogP) is 2.17. The van der Waals surface area contributed by atoms with Gasteiger partial charge < -0.3 is 10.6 Å². The lowest BCUT2D eigenvalue weighted by Crippen LogP contribution is -2.44. The van der Waals surface area contributed by atoms with E-state index < -0.39 is 0 Å². The van der Waals surface area contributed by atoms with Crippen molar-refractivity contribution in [3.05, 3.63) is 0 Å². The lowest BCUT2D eigenvalue weighted by atomic mass is 10.2. The van der Waals surface area contributed by atoms with E-state index in [1.807, 2.05) is 18.7 Å². The predicted molar refractivity (Wildman–Crippen MR) is 75.5 cm³/mol. The molecular formula is C13H26N2OS. The maximum atomic E-state index is 11.7. The number of rotatable bonds is 7. The highest BCUT2D eigenvalue weighted by Crippen LogP contribution is 2.24. The van der Waals surface area contributed by atoms with Gasteiger partial charge in [-0.2, -0.15) is 11.8 Å². The maximum Gasteiger partial charge on any atom is 0.236 e. The Morgan fingerprint density at radius 2 is 2.29 bits per heavy atom. The summed E-state index contributed by atoms with van der Waals surface area (Å²) in [5.41, 5.74) is 0. The zero-order valence-corrected chi connectivity index (χ0v) is 11.9. The molecule has 1 amide bonds. The van der Waals surface area contributed by atoms with Gasteiger partial charge in [0.25, 0.3) is 0 Å². The van der Waals surface area contributed by atoms with Gasteiger partial charge in [-0.25, -0.2) is 0 Å². The van der Waals surface area contributed by atoms with Gasteiger partial charge in [0.2, 0.25) is 5.91 Å². The van der Waals surface area contributed by atoms with Crippen molar-refractivity contribution in [3.8, 4) is 0 Å². The van der Waals surface area contributed by atoms with E-state index in [1.165, 1.54) is 25.0 Å². The number of unbranched alkanes of at least 4 members (excludes halogenated alkanes) is 1. The quantitative estimate of drug-likeness (QED) is 0.688. The fraction of sp³-hybridized carbons (Fsp3) is 0.923. The second-order valence-electron chi connectivity index (χ2n) is 4.76. The van der Waals surface area contributed by atoms with Crippen LogP contribution in [0.1, 0.15) is 46.0 Å². The third-order valence-corrected chi connectivity index (χ3v) is 4.55. The normalized spacial score (nSPS) is 22.1. The molecule has 0 aliphatic carbocycles. The molecule has 1 fully saturated rings. The Hall–Kier alpha value is -0.220. The molecule has 0 saturated carbocycles. The molecule has 0 spiro atoms. The molecule has 1 aliphatic rings. The zero-order chi connectivity index (χ0) is 12.5. The van der Waals surface area contributed by atoms with Crippen molar-refractivity contribution in [2.75, 3.05) is 18.8 Å². The SMILES string of the molecule is CCCCNC(=O)C(C)NCC1CCCCS1. The first-order chi connectivity index (χ1) is 8.24. The van der Waals surface area contributed by atoms with Crippen molar-refractivity contribution < 1.29 is 4.79 Å². The van der Waals surface area contributed by atoms with Crippen molar-refractivity contribution in [2.45, 2.75) is 57.2 Å². The van der Waals surface area contributed by atoms with Crippen LogP contribution in [0.5, 0.6) is 0 Å². The van der Waals surface area contributed by atoms with Gasteiger partial charge in [0.1, 0.15) is 0 Å². The zero-order valence-electron chi connectivity index (χ0n) is 11.1. The smallest absolute Gasteiger partial charge is 0.236 e. The van der Waals surface area contributed by atoms with E-state index in [0.717, 1.165) is 25.9 Å². The Balaban J connectivity index is 2.10. The Labute approximate surface area is 109 Å². The average Bonchev–Trinajstić information content (AvgIpc) is 2.37. The fourth-order valence-electron chi connectivity index (χ4n) is 1.91. The summed E-state index contributed by atoms with van der Waals surface area (Å²) in [4.78, 5) is 11.7. The first-order valence-corrected chi connectivity index (χ1v) is 7.91. The van der Waals surface area contributed by atoms with Crippen molar-refractivity contribution in [1.82, 2.24) is 10.6 Å². The standard InChI is InChI=1S/C13H26N2OS/c1-3-4-8-14-13(16)11(2)15-10-12-7-5-6-9-17-12/h11-12,15H,3-10H2,1-2H3,(H,14,16). The number of amides is 1. The number of hydrogen-bond donors (Lipinski definition) is 2. The molecule has 1 heterocycles. The number of hydrogen-bond acceptors (Lipinski definition) is 3. The first kappa shape index (κ1) is 14.8. The Morgan fingerprint density at radius 3 is 2.94 bits per heavy atom. The third kappa shape index (κ3) is 6.32. The lowest BCUT2D eigenvalue weighted by molar-refractivity contribution is -0.122. The number of nitrogens with one attached hydrogen (secondary N) is 2. The molecular weight excluding hydrogens is 232 g/mol. The van der Waals surface area contributed by atoms with E-state index >= 15 is 0 Å². The molecule has 3 nitrogen and oxygen atoms in total. The summed E-state index contributed by atoms with van der Waals surface area (Å²) in [7, 11) is 0. The molecule has 1 aliphatic heterocycles. The minimum atomic E-state index is -0.0608. The van der Waals surface area contributed by atoms with E-state index in [1.54, 1.807) is 0 Å². The second-order valence-corrected chi connectivity index (χ2v) is 6.17. The molecule has 2 N–H and O–H groups in total. The topological polar surface area (TPSA) is 41.1 Å². The van der Waals surface area contributed by atoms with Gasteiger partial charge in [0, 0.05) is 18.3 Å². The lowest BCUT2D eigenvalue weighted by Gasteiger charge is -2.23. The molecule has 4 heteroatoms. The average molecular weight is 258 g/mol.